The molecule has 0 bridgehead atoms. The van der Waals surface area contributed by atoms with Gasteiger partial charge in [-0.2, -0.15) is 9.61 Å². The third-order valence-corrected chi connectivity index (χ3v) is 8.18. The van der Waals surface area contributed by atoms with Crippen LogP contribution in [-0.2, 0) is 17.8 Å². The zero-order valence-corrected chi connectivity index (χ0v) is 18.4. The molecule has 1 aliphatic heterocycles. The lowest BCUT2D eigenvalue weighted by Crippen LogP contribution is -2.29. The van der Waals surface area contributed by atoms with Crippen molar-refractivity contribution in [2.75, 3.05) is 20.2 Å². The minimum Gasteiger partial charge on any atom is -0.497 e. The highest BCUT2D eigenvalue weighted by atomic mass is 32.1. The van der Waals surface area contributed by atoms with E-state index in [9.17, 15) is 13.6 Å². The fourth-order valence-electron chi connectivity index (χ4n) is 5.10. The minimum absolute atomic E-state index is 0.0109. The van der Waals surface area contributed by atoms with Crippen molar-refractivity contribution in [2.45, 2.75) is 38.3 Å². The lowest BCUT2D eigenvalue weighted by Gasteiger charge is -2.17. The Balaban J connectivity index is 1.33. The summed E-state index contributed by atoms with van der Waals surface area (Å²) in [6.07, 6.45) is 8.76. The van der Waals surface area contributed by atoms with Crippen molar-refractivity contribution < 1.29 is 13.5 Å². The van der Waals surface area contributed by atoms with Crippen molar-refractivity contribution in [3.8, 4) is 0 Å². The number of rotatable bonds is 5. The molecule has 2 unspecified atom stereocenters. The summed E-state index contributed by atoms with van der Waals surface area (Å²) in [6.45, 7) is 2.24. The number of fused-ring (bicyclic) bond motifs is 3. The fraction of sp³-hybridized carbons (Fsp3) is 0.500. The number of hydrogen-bond donors (Lipinski definition) is 0. The van der Waals surface area contributed by atoms with Gasteiger partial charge in [0, 0.05) is 30.9 Å². The molecule has 6 rings (SSSR count). The molecule has 32 heavy (non-hydrogen) atoms. The van der Waals surface area contributed by atoms with Gasteiger partial charge in [0.2, 0.25) is 0 Å². The van der Waals surface area contributed by atoms with E-state index in [1.54, 1.807) is 23.0 Å². The number of allylic oxidation sites excluding steroid dienone is 3. The van der Waals surface area contributed by atoms with Gasteiger partial charge < -0.3 is 4.74 Å². The standard InChI is InChI=1S/C22H23F2N5O2S/c1-31-15-4-2-14(3-5-15)9-28-19-17(18-25-13-26-29(18)20(28)30)8-16(32-19)10-27-7-6-21(12-27)11-22(21,23)24/h2,4-5,8,13-14H,3,6-7,9-12H2,1H3. The van der Waals surface area contributed by atoms with Crippen molar-refractivity contribution in [1.29, 1.82) is 0 Å². The van der Waals surface area contributed by atoms with E-state index in [-0.39, 0.29) is 18.0 Å². The smallest absolute Gasteiger partial charge is 0.351 e. The number of aromatic nitrogens is 4. The molecular formula is C22H23F2N5O2S. The van der Waals surface area contributed by atoms with Crippen LogP contribution in [-0.4, -0.2) is 50.2 Å². The summed E-state index contributed by atoms with van der Waals surface area (Å²) in [7, 11) is 1.64. The summed E-state index contributed by atoms with van der Waals surface area (Å²) < 4.78 is 35.9. The van der Waals surface area contributed by atoms with E-state index in [1.165, 1.54) is 10.8 Å². The number of alkyl halides is 2. The van der Waals surface area contributed by atoms with Crippen LogP contribution in [0.2, 0.25) is 0 Å². The van der Waals surface area contributed by atoms with E-state index in [2.05, 4.69) is 21.1 Å². The van der Waals surface area contributed by atoms with Gasteiger partial charge >= 0.3 is 5.69 Å². The van der Waals surface area contributed by atoms with Gasteiger partial charge in [-0.1, -0.05) is 6.08 Å². The molecule has 0 radical (unpaired) electrons. The Bertz CT molecular complexity index is 1340. The summed E-state index contributed by atoms with van der Waals surface area (Å²) >= 11 is 1.55. The third kappa shape index (κ3) is 3.03. The Kier molecular flexibility index (Phi) is 4.36. The largest absolute Gasteiger partial charge is 0.497 e. The average Bonchev–Trinajstić information content (AvgIpc) is 3.30. The Morgan fingerprint density at radius 3 is 2.91 bits per heavy atom. The second kappa shape index (κ2) is 6.95. The lowest BCUT2D eigenvalue weighted by molar-refractivity contribution is 0.0660. The molecule has 1 saturated carbocycles. The number of hydrogen-bond acceptors (Lipinski definition) is 6. The average molecular weight is 460 g/mol. The quantitative estimate of drug-likeness (QED) is 0.585. The molecule has 1 spiro atoms. The monoisotopic (exact) mass is 459 g/mol. The molecular weight excluding hydrogens is 436 g/mol. The Morgan fingerprint density at radius 1 is 1.38 bits per heavy atom. The van der Waals surface area contributed by atoms with Gasteiger partial charge in [0.05, 0.1) is 17.9 Å². The summed E-state index contributed by atoms with van der Waals surface area (Å²) in [5.74, 6) is -1.52. The van der Waals surface area contributed by atoms with Gasteiger partial charge in [0.25, 0.3) is 5.92 Å². The summed E-state index contributed by atoms with van der Waals surface area (Å²) in [5, 5.41) is 5.01. The number of methoxy groups -OCH3 is 1. The predicted octanol–water partition coefficient (Wildman–Crippen LogP) is 3.44. The molecule has 0 N–H and O–H groups in total. The van der Waals surface area contributed by atoms with Gasteiger partial charge in [-0.15, -0.1) is 11.3 Å². The summed E-state index contributed by atoms with van der Waals surface area (Å²) in [6, 6.07) is 2.04. The van der Waals surface area contributed by atoms with Crippen molar-refractivity contribution in [3.05, 3.63) is 51.7 Å². The van der Waals surface area contributed by atoms with Crippen molar-refractivity contribution >= 4 is 27.2 Å². The van der Waals surface area contributed by atoms with E-state index in [0.717, 1.165) is 27.3 Å². The maximum Gasteiger partial charge on any atom is 0.351 e. The zero-order chi connectivity index (χ0) is 22.1. The fourth-order valence-corrected chi connectivity index (χ4v) is 6.30. The van der Waals surface area contributed by atoms with E-state index in [4.69, 9.17) is 4.74 Å². The maximum absolute atomic E-state index is 13.8. The molecule has 2 fully saturated rings. The van der Waals surface area contributed by atoms with Gasteiger partial charge in [-0.3, -0.25) is 9.47 Å². The Morgan fingerprint density at radius 2 is 2.22 bits per heavy atom. The summed E-state index contributed by atoms with van der Waals surface area (Å²) in [5.41, 5.74) is -0.490. The first-order chi connectivity index (χ1) is 15.4. The first-order valence-corrected chi connectivity index (χ1v) is 11.6. The molecule has 2 aliphatic carbocycles. The molecule has 0 aromatic carbocycles. The number of nitrogens with zero attached hydrogens (tertiary/aromatic N) is 5. The number of likely N-dealkylation sites (tertiary alicyclic amines) is 1. The summed E-state index contributed by atoms with van der Waals surface area (Å²) in [4.78, 5) is 21.5. The van der Waals surface area contributed by atoms with Crippen LogP contribution in [0.25, 0.3) is 15.9 Å². The van der Waals surface area contributed by atoms with Crippen molar-refractivity contribution in [2.24, 2.45) is 11.3 Å². The lowest BCUT2D eigenvalue weighted by atomic mass is 10.00. The molecule has 7 nitrogen and oxygen atoms in total. The predicted molar refractivity (Wildman–Crippen MR) is 117 cm³/mol. The van der Waals surface area contributed by atoms with Crippen LogP contribution >= 0.6 is 11.3 Å². The molecule has 3 aromatic rings. The van der Waals surface area contributed by atoms with Gasteiger partial charge in [-0.25, -0.2) is 18.6 Å². The first-order valence-electron chi connectivity index (χ1n) is 10.8. The van der Waals surface area contributed by atoms with Crippen LogP contribution in [0.15, 0.2) is 41.2 Å². The number of thiophene rings is 1. The number of ether oxygens (including phenoxy) is 1. The highest BCUT2D eigenvalue weighted by Gasteiger charge is 2.72. The molecule has 1 saturated heterocycles. The van der Waals surface area contributed by atoms with Crippen LogP contribution in [0.1, 0.15) is 24.1 Å². The first kappa shape index (κ1) is 20.0. The molecule has 2 atom stereocenters. The van der Waals surface area contributed by atoms with Crippen LogP contribution in [0.5, 0.6) is 0 Å². The van der Waals surface area contributed by atoms with Crippen LogP contribution in [0.3, 0.4) is 0 Å². The molecule has 0 amide bonds. The van der Waals surface area contributed by atoms with E-state index >= 15 is 0 Å². The molecule has 168 valence electrons. The number of halogens is 2. The second-order valence-electron chi connectivity index (χ2n) is 9.11. The molecule has 3 aliphatic rings. The van der Waals surface area contributed by atoms with Gasteiger partial charge in [-0.05, 0) is 43.5 Å². The topological polar surface area (TPSA) is 64.7 Å². The molecule has 3 aromatic heterocycles. The highest BCUT2D eigenvalue weighted by molar-refractivity contribution is 7.18. The highest BCUT2D eigenvalue weighted by Crippen LogP contribution is 2.65. The van der Waals surface area contributed by atoms with Gasteiger partial charge in [0.1, 0.15) is 16.9 Å². The zero-order valence-electron chi connectivity index (χ0n) is 17.6. The SMILES string of the molecule is COC1=CCC(Cn2c(=O)n3ncnc3c3cc(CN4CCC5(C4)CC5(F)F)sc32)C=C1. The van der Waals surface area contributed by atoms with Gasteiger partial charge in [0.15, 0.2) is 5.65 Å². The van der Waals surface area contributed by atoms with Crippen LogP contribution in [0, 0.1) is 11.3 Å². The van der Waals surface area contributed by atoms with Crippen LogP contribution in [0.4, 0.5) is 8.78 Å². The molecule has 4 heterocycles. The van der Waals surface area contributed by atoms with Crippen molar-refractivity contribution in [3.63, 3.8) is 0 Å². The van der Waals surface area contributed by atoms with E-state index < -0.39 is 11.3 Å². The molecule has 10 heteroatoms. The van der Waals surface area contributed by atoms with E-state index in [0.29, 0.717) is 38.2 Å². The Labute approximate surface area is 186 Å². The Hall–Kier alpha value is -2.59. The second-order valence-corrected chi connectivity index (χ2v) is 10.2. The third-order valence-electron chi connectivity index (χ3n) is 7.04. The van der Waals surface area contributed by atoms with Crippen LogP contribution < -0.4 is 5.69 Å². The van der Waals surface area contributed by atoms with E-state index in [1.807, 2.05) is 18.2 Å². The maximum atomic E-state index is 13.8. The minimum atomic E-state index is -2.51. The van der Waals surface area contributed by atoms with Crippen molar-refractivity contribution in [1.82, 2.24) is 24.1 Å². The normalized spacial score (nSPS) is 27.0.